The lowest BCUT2D eigenvalue weighted by Crippen LogP contribution is -2.56. The van der Waals surface area contributed by atoms with Crippen LogP contribution in [-0.4, -0.2) is 36.0 Å². The van der Waals surface area contributed by atoms with Crippen LogP contribution in [0, 0.1) is 0 Å². The number of nitrogens with zero attached hydrogens (tertiary/aromatic N) is 1. The van der Waals surface area contributed by atoms with E-state index in [2.05, 4.69) is 27.7 Å². The average molecular weight is 371 g/mol. The van der Waals surface area contributed by atoms with Crippen molar-refractivity contribution in [2.24, 2.45) is 0 Å². The van der Waals surface area contributed by atoms with Crippen LogP contribution in [0.4, 0.5) is 0 Å². The SMILES string of the molecule is COc1cccc(C(=O)NC2C[C@@H]3CCC[C@@H](C2)N3Cc2cccs2)c1. The summed E-state index contributed by atoms with van der Waals surface area (Å²) in [6, 6.07) is 13.2. The first-order chi connectivity index (χ1) is 12.7. The van der Waals surface area contributed by atoms with Crippen LogP contribution in [-0.2, 0) is 6.54 Å². The second-order valence-electron chi connectivity index (χ2n) is 7.36. The zero-order valence-corrected chi connectivity index (χ0v) is 16.0. The molecule has 0 aliphatic carbocycles. The van der Waals surface area contributed by atoms with Crippen LogP contribution in [0.15, 0.2) is 41.8 Å². The Labute approximate surface area is 159 Å². The van der Waals surface area contributed by atoms with E-state index in [0.29, 0.717) is 17.6 Å². The Bertz CT molecular complexity index is 732. The van der Waals surface area contributed by atoms with E-state index >= 15 is 0 Å². The standard InChI is InChI=1S/C21H26N2O2S/c1-25-19-8-2-5-15(11-19)21(24)22-16-12-17-6-3-7-18(13-16)23(17)14-20-9-4-10-26-20/h2,4-5,8-11,16-18H,3,6-7,12-14H2,1H3,(H,22,24)/t17-,18-/m0/s1. The third-order valence-electron chi connectivity index (χ3n) is 5.71. The van der Waals surface area contributed by atoms with E-state index in [1.807, 2.05) is 35.6 Å². The van der Waals surface area contributed by atoms with Gasteiger partial charge in [-0.2, -0.15) is 0 Å². The molecule has 3 heterocycles. The number of rotatable bonds is 5. The van der Waals surface area contributed by atoms with Gasteiger partial charge in [-0.3, -0.25) is 9.69 Å². The number of ether oxygens (including phenoxy) is 1. The molecule has 1 N–H and O–H groups in total. The van der Waals surface area contributed by atoms with Crippen molar-refractivity contribution in [3.63, 3.8) is 0 Å². The number of carbonyl (C=O) groups is 1. The number of fused-ring (bicyclic) bond motifs is 2. The number of nitrogens with one attached hydrogen (secondary N) is 1. The number of hydrogen-bond acceptors (Lipinski definition) is 4. The van der Waals surface area contributed by atoms with Gasteiger partial charge in [0.05, 0.1) is 7.11 Å². The summed E-state index contributed by atoms with van der Waals surface area (Å²) in [7, 11) is 1.63. The highest BCUT2D eigenvalue weighted by Gasteiger charge is 2.38. The molecule has 0 saturated carbocycles. The first-order valence-corrected chi connectivity index (χ1v) is 10.3. The predicted molar refractivity (Wildman–Crippen MR) is 105 cm³/mol. The fourth-order valence-corrected chi connectivity index (χ4v) is 5.18. The minimum atomic E-state index is 0.0127. The van der Waals surface area contributed by atoms with Crippen molar-refractivity contribution < 1.29 is 9.53 Å². The van der Waals surface area contributed by atoms with Gasteiger partial charge < -0.3 is 10.1 Å². The predicted octanol–water partition coefficient (Wildman–Crippen LogP) is 4.07. The van der Waals surface area contributed by atoms with Crippen molar-refractivity contribution in [2.45, 2.75) is 56.8 Å². The summed E-state index contributed by atoms with van der Waals surface area (Å²) < 4.78 is 5.23. The summed E-state index contributed by atoms with van der Waals surface area (Å²) in [5.74, 6) is 0.735. The zero-order valence-electron chi connectivity index (χ0n) is 15.2. The maximum atomic E-state index is 12.7. The largest absolute Gasteiger partial charge is 0.497 e. The highest BCUT2D eigenvalue weighted by Crippen LogP contribution is 2.35. The van der Waals surface area contributed by atoms with Crippen LogP contribution in [0.3, 0.4) is 0 Å². The molecule has 1 aromatic heterocycles. The third kappa shape index (κ3) is 3.79. The van der Waals surface area contributed by atoms with Crippen molar-refractivity contribution in [1.82, 2.24) is 10.2 Å². The molecule has 2 atom stereocenters. The van der Waals surface area contributed by atoms with Gasteiger partial charge in [0.1, 0.15) is 5.75 Å². The monoisotopic (exact) mass is 370 g/mol. The van der Waals surface area contributed by atoms with Gasteiger partial charge in [0.25, 0.3) is 5.91 Å². The molecule has 0 radical (unpaired) electrons. The average Bonchev–Trinajstić information content (AvgIpc) is 3.15. The topological polar surface area (TPSA) is 41.6 Å². The lowest BCUT2D eigenvalue weighted by atomic mass is 9.81. The Kier molecular flexibility index (Phi) is 5.27. The number of carbonyl (C=O) groups excluding carboxylic acids is 1. The van der Waals surface area contributed by atoms with Gasteiger partial charge in [-0.05, 0) is 55.3 Å². The molecular formula is C21H26N2O2S. The van der Waals surface area contributed by atoms with Gasteiger partial charge in [-0.1, -0.05) is 18.6 Å². The molecule has 2 fully saturated rings. The minimum absolute atomic E-state index is 0.0127. The zero-order chi connectivity index (χ0) is 17.9. The van der Waals surface area contributed by atoms with Crippen molar-refractivity contribution >= 4 is 17.2 Å². The lowest BCUT2D eigenvalue weighted by Gasteiger charge is -2.49. The van der Waals surface area contributed by atoms with Gasteiger partial charge in [-0.25, -0.2) is 0 Å². The number of benzene rings is 1. The van der Waals surface area contributed by atoms with E-state index < -0.39 is 0 Å². The maximum absolute atomic E-state index is 12.7. The molecule has 0 unspecified atom stereocenters. The smallest absolute Gasteiger partial charge is 0.251 e. The third-order valence-corrected chi connectivity index (χ3v) is 6.57. The second kappa shape index (κ2) is 7.80. The van der Waals surface area contributed by atoms with Crippen LogP contribution >= 0.6 is 11.3 Å². The van der Waals surface area contributed by atoms with Crippen molar-refractivity contribution in [3.8, 4) is 5.75 Å². The number of piperidine rings is 2. The fourth-order valence-electron chi connectivity index (χ4n) is 4.47. The molecule has 0 spiro atoms. The molecule has 1 aromatic carbocycles. The molecule has 2 aliphatic heterocycles. The van der Waals surface area contributed by atoms with E-state index in [1.54, 1.807) is 7.11 Å². The van der Waals surface area contributed by atoms with E-state index in [9.17, 15) is 4.79 Å². The molecule has 1 amide bonds. The number of methoxy groups -OCH3 is 1. The summed E-state index contributed by atoms with van der Waals surface area (Å²) in [5, 5.41) is 5.43. The molecule has 4 rings (SSSR count). The van der Waals surface area contributed by atoms with Gasteiger partial charge in [0.15, 0.2) is 0 Å². The highest BCUT2D eigenvalue weighted by atomic mass is 32.1. The van der Waals surface area contributed by atoms with E-state index in [1.165, 1.54) is 24.1 Å². The van der Waals surface area contributed by atoms with Crippen LogP contribution in [0.2, 0.25) is 0 Å². The Morgan fingerprint density at radius 1 is 1.23 bits per heavy atom. The van der Waals surface area contributed by atoms with Crippen molar-refractivity contribution in [1.29, 1.82) is 0 Å². The number of hydrogen-bond donors (Lipinski definition) is 1. The van der Waals surface area contributed by atoms with E-state index in [4.69, 9.17) is 4.74 Å². The molecule has 4 nitrogen and oxygen atoms in total. The summed E-state index contributed by atoms with van der Waals surface area (Å²) in [6.07, 6.45) is 5.91. The van der Waals surface area contributed by atoms with E-state index in [0.717, 1.165) is 25.1 Å². The van der Waals surface area contributed by atoms with E-state index in [-0.39, 0.29) is 11.9 Å². The molecule has 2 bridgehead atoms. The van der Waals surface area contributed by atoms with Gasteiger partial charge in [0.2, 0.25) is 0 Å². The molecule has 2 saturated heterocycles. The van der Waals surface area contributed by atoms with Crippen LogP contribution in [0.5, 0.6) is 5.75 Å². The number of thiophene rings is 1. The van der Waals surface area contributed by atoms with Gasteiger partial charge >= 0.3 is 0 Å². The Morgan fingerprint density at radius 3 is 2.73 bits per heavy atom. The second-order valence-corrected chi connectivity index (χ2v) is 8.40. The Morgan fingerprint density at radius 2 is 2.04 bits per heavy atom. The van der Waals surface area contributed by atoms with Crippen molar-refractivity contribution in [3.05, 3.63) is 52.2 Å². The summed E-state index contributed by atoms with van der Waals surface area (Å²) in [6.45, 7) is 1.06. The Balaban J connectivity index is 1.41. The fraction of sp³-hybridized carbons (Fsp3) is 0.476. The lowest BCUT2D eigenvalue weighted by molar-refractivity contribution is 0.0184. The quantitative estimate of drug-likeness (QED) is 0.862. The summed E-state index contributed by atoms with van der Waals surface area (Å²) in [5.41, 5.74) is 0.676. The molecule has 26 heavy (non-hydrogen) atoms. The first kappa shape index (κ1) is 17.6. The van der Waals surface area contributed by atoms with Crippen LogP contribution in [0.25, 0.3) is 0 Å². The maximum Gasteiger partial charge on any atom is 0.251 e. The highest BCUT2D eigenvalue weighted by molar-refractivity contribution is 7.09. The Hall–Kier alpha value is -1.85. The van der Waals surface area contributed by atoms with Crippen molar-refractivity contribution in [2.75, 3.05) is 7.11 Å². The number of amides is 1. The molecular weight excluding hydrogens is 344 g/mol. The first-order valence-electron chi connectivity index (χ1n) is 9.46. The normalized spacial score (nSPS) is 25.7. The molecule has 2 aliphatic rings. The molecule has 5 heteroatoms. The summed E-state index contributed by atoms with van der Waals surface area (Å²) >= 11 is 1.84. The van der Waals surface area contributed by atoms with Crippen LogP contribution in [0.1, 0.15) is 47.3 Å². The summed E-state index contributed by atoms with van der Waals surface area (Å²) in [4.78, 5) is 16.8. The molecule has 2 aromatic rings. The molecule has 138 valence electrons. The van der Waals surface area contributed by atoms with Gasteiger partial charge in [-0.15, -0.1) is 11.3 Å². The van der Waals surface area contributed by atoms with Gasteiger partial charge in [0, 0.05) is 35.1 Å². The van der Waals surface area contributed by atoms with Crippen LogP contribution < -0.4 is 10.1 Å². The minimum Gasteiger partial charge on any atom is -0.497 e.